The summed E-state index contributed by atoms with van der Waals surface area (Å²) < 4.78 is 68.8. The van der Waals surface area contributed by atoms with Gasteiger partial charge in [-0.05, 0) is 43.4 Å². The van der Waals surface area contributed by atoms with Crippen molar-refractivity contribution in [2.45, 2.75) is 458 Å². The Balaban J connectivity index is 5.23. The molecule has 103 heavy (non-hydrogen) atoms. The lowest BCUT2D eigenvalue weighted by molar-refractivity contribution is -0.161. The highest BCUT2D eigenvalue weighted by molar-refractivity contribution is 7.47. The number of esters is 4. The van der Waals surface area contributed by atoms with E-state index in [1.807, 2.05) is 0 Å². The topological polar surface area (TPSA) is 237 Å². The van der Waals surface area contributed by atoms with E-state index in [-0.39, 0.29) is 25.7 Å². The fourth-order valence-corrected chi connectivity index (χ4v) is 14.5. The van der Waals surface area contributed by atoms with Gasteiger partial charge in [-0.2, -0.15) is 0 Å². The molecular formula is C84H164O17P2. The van der Waals surface area contributed by atoms with E-state index in [4.69, 9.17) is 37.0 Å². The summed E-state index contributed by atoms with van der Waals surface area (Å²) in [7, 11) is -9.93. The highest BCUT2D eigenvalue weighted by Crippen LogP contribution is 2.45. The second kappa shape index (κ2) is 74.2. The van der Waals surface area contributed by atoms with Crippen molar-refractivity contribution in [3.05, 3.63) is 0 Å². The minimum Gasteiger partial charge on any atom is -0.462 e. The van der Waals surface area contributed by atoms with Crippen molar-refractivity contribution >= 4 is 39.5 Å². The molecule has 0 aliphatic rings. The van der Waals surface area contributed by atoms with Crippen molar-refractivity contribution in [3.63, 3.8) is 0 Å². The number of phosphoric acid groups is 2. The fourth-order valence-electron chi connectivity index (χ4n) is 13.0. The fraction of sp³-hybridized carbons (Fsp3) is 0.952. The van der Waals surface area contributed by atoms with E-state index < -0.39 is 97.5 Å². The van der Waals surface area contributed by atoms with Gasteiger partial charge in [0.25, 0.3) is 0 Å². The lowest BCUT2D eigenvalue weighted by Gasteiger charge is -2.21. The van der Waals surface area contributed by atoms with Crippen molar-refractivity contribution in [1.82, 2.24) is 0 Å². The van der Waals surface area contributed by atoms with Crippen molar-refractivity contribution < 1.29 is 80.2 Å². The number of aliphatic hydroxyl groups is 1. The summed E-state index contributed by atoms with van der Waals surface area (Å²) >= 11 is 0. The van der Waals surface area contributed by atoms with Gasteiger partial charge in [0, 0.05) is 25.7 Å². The third-order valence-electron chi connectivity index (χ3n) is 20.4. The molecule has 0 saturated heterocycles. The molecular weight excluding hydrogens is 1340 g/mol. The summed E-state index contributed by atoms with van der Waals surface area (Å²) in [5.74, 6) is 0.230. The highest BCUT2D eigenvalue weighted by atomic mass is 31.2. The second-order valence-corrected chi connectivity index (χ2v) is 34.1. The van der Waals surface area contributed by atoms with E-state index >= 15 is 0 Å². The van der Waals surface area contributed by atoms with Gasteiger partial charge >= 0.3 is 39.5 Å². The summed E-state index contributed by atoms with van der Waals surface area (Å²) in [6.45, 7) is 12.0. The number of rotatable bonds is 82. The Morgan fingerprint density at radius 2 is 0.495 bits per heavy atom. The van der Waals surface area contributed by atoms with Crippen LogP contribution in [0.3, 0.4) is 0 Å². The average Bonchev–Trinajstić information content (AvgIpc) is 1.09. The zero-order valence-electron chi connectivity index (χ0n) is 67.8. The Morgan fingerprint density at radius 3 is 0.738 bits per heavy atom. The molecule has 0 bridgehead atoms. The Kier molecular flexibility index (Phi) is 72.8. The zero-order valence-corrected chi connectivity index (χ0v) is 69.6. The van der Waals surface area contributed by atoms with Gasteiger partial charge in [0.1, 0.15) is 19.3 Å². The predicted octanol–water partition coefficient (Wildman–Crippen LogP) is 25.3. The number of hydrogen-bond donors (Lipinski definition) is 3. The zero-order chi connectivity index (χ0) is 75.8. The number of hydrogen-bond acceptors (Lipinski definition) is 15. The number of unbranched alkanes of at least 4 members (excludes halogenated alkanes) is 48. The summed E-state index contributed by atoms with van der Waals surface area (Å²) in [6, 6.07) is 0. The van der Waals surface area contributed by atoms with Gasteiger partial charge < -0.3 is 33.8 Å². The van der Waals surface area contributed by atoms with E-state index in [1.54, 1.807) is 0 Å². The number of phosphoric ester groups is 2. The van der Waals surface area contributed by atoms with Crippen LogP contribution in [-0.4, -0.2) is 96.7 Å². The summed E-state index contributed by atoms with van der Waals surface area (Å²) in [5.41, 5.74) is 0. The average molecular weight is 1510 g/mol. The van der Waals surface area contributed by atoms with Crippen LogP contribution in [0.4, 0.5) is 0 Å². The van der Waals surface area contributed by atoms with Gasteiger partial charge in [0.15, 0.2) is 12.2 Å². The van der Waals surface area contributed by atoms with Crippen molar-refractivity contribution in [3.8, 4) is 0 Å². The minimum atomic E-state index is -4.97. The Bertz CT molecular complexity index is 2000. The number of aliphatic hydroxyl groups excluding tert-OH is 1. The molecule has 17 nitrogen and oxygen atoms in total. The number of ether oxygens (including phenoxy) is 4. The molecule has 0 aliphatic heterocycles. The normalized spacial score (nSPS) is 14.4. The Labute approximate surface area is 632 Å². The maximum Gasteiger partial charge on any atom is 0.472 e. The number of carbonyl (C=O) groups excluding carboxylic acids is 4. The largest absolute Gasteiger partial charge is 0.472 e. The summed E-state index contributed by atoms with van der Waals surface area (Å²) in [5, 5.41) is 10.7. The van der Waals surface area contributed by atoms with Crippen LogP contribution in [0.1, 0.15) is 440 Å². The first-order valence-electron chi connectivity index (χ1n) is 43.4. The van der Waals surface area contributed by atoms with E-state index in [0.717, 1.165) is 114 Å². The van der Waals surface area contributed by atoms with Crippen LogP contribution in [0.25, 0.3) is 0 Å². The maximum absolute atomic E-state index is 13.1. The molecule has 0 aliphatic carbocycles. The monoisotopic (exact) mass is 1510 g/mol. The van der Waals surface area contributed by atoms with E-state index in [2.05, 4.69) is 48.5 Å². The standard InChI is InChI=1S/C84H164O17P2/c1-8-11-12-13-14-15-16-17-18-19-20-21-22-23-26-30-33-39-44-53-60-67-83(88)100-79(71-94-81(86)65-58-51-43-38-32-29-27-24-25-28-31-36-41-48-55-62-75(4)5)73-98-102(90,91)96-69-78(85)70-97-103(92,93)99-74-80(72-95-82(87)66-59-52-47-46-50-57-64-77(7)10-3)101-84(89)68-61-54-45-40-35-34-37-42-49-56-63-76(6)9-2/h75-80,85H,8-74H2,1-7H3,(H,90,91)(H,92,93)/t76?,77?,78-,79-,80-/m1/s1. The van der Waals surface area contributed by atoms with Crippen LogP contribution >= 0.6 is 15.6 Å². The summed E-state index contributed by atoms with van der Waals surface area (Å²) in [4.78, 5) is 73.1. The Hall–Kier alpha value is -1.94. The van der Waals surface area contributed by atoms with Gasteiger partial charge in [-0.15, -0.1) is 0 Å². The van der Waals surface area contributed by atoms with Gasteiger partial charge in [-0.1, -0.05) is 389 Å². The lowest BCUT2D eigenvalue weighted by atomic mass is 9.99. The van der Waals surface area contributed by atoms with Crippen LogP contribution < -0.4 is 0 Å². The SMILES string of the molecule is CCCCCCCCCCCCCCCCCCCCCCCC(=O)O[C@H](COC(=O)CCCCCCCCCCCCCCCCCC(C)C)COP(=O)(O)OC[C@@H](O)COP(=O)(O)OC[C@@H](COC(=O)CCCCCCCCC(C)CC)OC(=O)CCCCCCCCCCCCC(C)CC. The molecule has 0 saturated carbocycles. The molecule has 0 aromatic carbocycles. The molecule has 19 heteroatoms. The molecule has 7 atom stereocenters. The summed E-state index contributed by atoms with van der Waals surface area (Å²) in [6.07, 6.45) is 63.9. The molecule has 0 fully saturated rings. The number of carbonyl (C=O) groups is 4. The molecule has 0 amide bonds. The highest BCUT2D eigenvalue weighted by Gasteiger charge is 2.30. The first-order valence-corrected chi connectivity index (χ1v) is 46.4. The molecule has 612 valence electrons. The molecule has 0 aromatic heterocycles. The van der Waals surface area contributed by atoms with E-state index in [9.17, 15) is 43.2 Å². The third kappa shape index (κ3) is 75.3. The van der Waals surface area contributed by atoms with Gasteiger partial charge in [0.05, 0.1) is 26.4 Å². The maximum atomic E-state index is 13.1. The minimum absolute atomic E-state index is 0.105. The van der Waals surface area contributed by atoms with Crippen LogP contribution in [0.15, 0.2) is 0 Å². The van der Waals surface area contributed by atoms with Crippen molar-refractivity contribution in [1.29, 1.82) is 0 Å². The third-order valence-corrected chi connectivity index (χ3v) is 22.3. The van der Waals surface area contributed by atoms with Crippen LogP contribution in [0, 0.1) is 17.8 Å². The van der Waals surface area contributed by atoms with Gasteiger partial charge in [-0.3, -0.25) is 37.3 Å². The van der Waals surface area contributed by atoms with Crippen molar-refractivity contribution in [2.75, 3.05) is 39.6 Å². The first kappa shape index (κ1) is 101. The molecule has 4 unspecified atom stereocenters. The Morgan fingerprint density at radius 1 is 0.282 bits per heavy atom. The quantitative estimate of drug-likeness (QED) is 0.0222. The predicted molar refractivity (Wildman–Crippen MR) is 423 cm³/mol. The van der Waals surface area contributed by atoms with Crippen LogP contribution in [0.2, 0.25) is 0 Å². The molecule has 0 aromatic rings. The molecule has 0 spiro atoms. The lowest BCUT2D eigenvalue weighted by Crippen LogP contribution is -2.30. The molecule has 0 rings (SSSR count). The molecule has 0 radical (unpaired) electrons. The second-order valence-electron chi connectivity index (χ2n) is 31.2. The smallest absolute Gasteiger partial charge is 0.462 e. The van der Waals surface area contributed by atoms with E-state index in [1.165, 1.54) is 244 Å². The van der Waals surface area contributed by atoms with E-state index in [0.29, 0.717) is 25.7 Å². The van der Waals surface area contributed by atoms with Gasteiger partial charge in [-0.25, -0.2) is 9.13 Å². The first-order chi connectivity index (χ1) is 49.8. The van der Waals surface area contributed by atoms with Gasteiger partial charge in [0.2, 0.25) is 0 Å². The molecule has 3 N–H and O–H groups in total. The molecule has 0 heterocycles. The van der Waals surface area contributed by atoms with Crippen LogP contribution in [-0.2, 0) is 65.4 Å². The van der Waals surface area contributed by atoms with Crippen molar-refractivity contribution in [2.24, 2.45) is 17.8 Å². The van der Waals surface area contributed by atoms with Crippen LogP contribution in [0.5, 0.6) is 0 Å².